The first-order chi connectivity index (χ1) is 8.83. The molecule has 0 aromatic heterocycles. The first kappa shape index (κ1) is 14.6. The third-order valence-corrected chi connectivity index (χ3v) is 2.72. The third-order valence-electron chi connectivity index (χ3n) is 2.72. The van der Waals surface area contributed by atoms with E-state index in [2.05, 4.69) is 36.2 Å². The van der Waals surface area contributed by atoms with Crippen LogP contribution in [0.4, 0.5) is 0 Å². The van der Waals surface area contributed by atoms with Gasteiger partial charge in [-0.15, -0.1) is 11.8 Å². The van der Waals surface area contributed by atoms with E-state index in [-0.39, 0.29) is 6.04 Å². The maximum Gasteiger partial charge on any atom is 0.124 e. The first-order valence-corrected chi connectivity index (χ1v) is 6.68. The van der Waals surface area contributed by atoms with Crippen molar-refractivity contribution in [3.63, 3.8) is 0 Å². The van der Waals surface area contributed by atoms with Gasteiger partial charge in [-0.05, 0) is 32.9 Å². The van der Waals surface area contributed by atoms with Crippen LogP contribution in [0.3, 0.4) is 0 Å². The molecule has 1 rings (SSSR count). The molecule has 0 amide bonds. The summed E-state index contributed by atoms with van der Waals surface area (Å²) >= 11 is 0. The van der Waals surface area contributed by atoms with Gasteiger partial charge in [0.1, 0.15) is 5.75 Å². The predicted octanol–water partition coefficient (Wildman–Crippen LogP) is 3.54. The summed E-state index contributed by atoms with van der Waals surface area (Å²) in [7, 11) is 0. The van der Waals surface area contributed by atoms with E-state index in [9.17, 15) is 0 Å². The van der Waals surface area contributed by atoms with Crippen molar-refractivity contribution in [2.24, 2.45) is 0 Å². The lowest BCUT2D eigenvalue weighted by molar-refractivity contribution is 0.331. The monoisotopic (exact) mass is 245 g/mol. The van der Waals surface area contributed by atoms with Crippen LogP contribution in [-0.4, -0.2) is 13.2 Å². The molecule has 0 heterocycles. The maximum atomic E-state index is 5.69. The number of para-hydroxylation sites is 1. The van der Waals surface area contributed by atoms with Crippen LogP contribution in [0.2, 0.25) is 0 Å². The van der Waals surface area contributed by atoms with Gasteiger partial charge in [-0.1, -0.05) is 25.1 Å². The van der Waals surface area contributed by atoms with Crippen LogP contribution in [0.25, 0.3) is 0 Å². The van der Waals surface area contributed by atoms with Gasteiger partial charge in [0, 0.05) is 18.0 Å². The predicted molar refractivity (Wildman–Crippen MR) is 76.7 cm³/mol. The van der Waals surface area contributed by atoms with Gasteiger partial charge in [-0.2, -0.15) is 0 Å². The van der Waals surface area contributed by atoms with Crippen LogP contribution in [0, 0.1) is 11.8 Å². The van der Waals surface area contributed by atoms with E-state index in [0.29, 0.717) is 6.61 Å². The van der Waals surface area contributed by atoms with Gasteiger partial charge in [-0.25, -0.2) is 0 Å². The summed E-state index contributed by atoms with van der Waals surface area (Å²) in [5.41, 5.74) is 1.20. The fraction of sp³-hybridized carbons (Fsp3) is 0.500. The van der Waals surface area contributed by atoms with Gasteiger partial charge < -0.3 is 10.1 Å². The average molecular weight is 245 g/mol. The van der Waals surface area contributed by atoms with Crippen LogP contribution in [-0.2, 0) is 0 Å². The average Bonchev–Trinajstić information content (AvgIpc) is 2.40. The normalized spacial score (nSPS) is 11.5. The summed E-state index contributed by atoms with van der Waals surface area (Å²) in [6, 6.07) is 8.46. The third kappa shape index (κ3) is 4.43. The summed E-state index contributed by atoms with van der Waals surface area (Å²) in [5.74, 6) is 7.09. The minimum atomic E-state index is 0.250. The van der Waals surface area contributed by atoms with Gasteiger partial charge in [0.2, 0.25) is 0 Å². The van der Waals surface area contributed by atoms with E-state index in [1.54, 1.807) is 0 Å². The second-order valence-corrected chi connectivity index (χ2v) is 4.11. The Labute approximate surface area is 111 Å². The summed E-state index contributed by atoms with van der Waals surface area (Å²) in [6.07, 6.45) is 1.94. The fourth-order valence-electron chi connectivity index (χ4n) is 1.87. The molecule has 0 aliphatic heterocycles. The number of ether oxygens (including phenoxy) is 1. The molecule has 18 heavy (non-hydrogen) atoms. The van der Waals surface area contributed by atoms with E-state index in [1.165, 1.54) is 5.56 Å². The SMILES string of the molecule is CC#CCC(NCCC)c1ccccc1OCC. The topological polar surface area (TPSA) is 21.3 Å². The highest BCUT2D eigenvalue weighted by Gasteiger charge is 2.13. The highest BCUT2D eigenvalue weighted by molar-refractivity contribution is 5.36. The number of hydrogen-bond donors (Lipinski definition) is 1. The van der Waals surface area contributed by atoms with Gasteiger partial charge >= 0.3 is 0 Å². The van der Waals surface area contributed by atoms with Crippen molar-refractivity contribution in [3.8, 4) is 17.6 Å². The van der Waals surface area contributed by atoms with Gasteiger partial charge in [0.05, 0.1) is 6.61 Å². The molecule has 0 radical (unpaired) electrons. The molecule has 2 nitrogen and oxygen atoms in total. The Kier molecular flexibility index (Phi) is 6.98. The van der Waals surface area contributed by atoms with Crippen LogP contribution in [0.5, 0.6) is 5.75 Å². The maximum absolute atomic E-state index is 5.69. The number of nitrogens with one attached hydrogen (secondary N) is 1. The fourth-order valence-corrected chi connectivity index (χ4v) is 1.87. The molecule has 1 aromatic rings. The second kappa shape index (κ2) is 8.60. The van der Waals surface area contributed by atoms with Gasteiger partial charge in [0.15, 0.2) is 0 Å². The molecule has 1 aromatic carbocycles. The van der Waals surface area contributed by atoms with Crippen molar-refractivity contribution in [3.05, 3.63) is 29.8 Å². The van der Waals surface area contributed by atoms with Gasteiger partial charge in [-0.3, -0.25) is 0 Å². The van der Waals surface area contributed by atoms with Crippen molar-refractivity contribution in [1.82, 2.24) is 5.32 Å². The van der Waals surface area contributed by atoms with Crippen LogP contribution < -0.4 is 10.1 Å². The Hall–Kier alpha value is -1.46. The van der Waals surface area contributed by atoms with E-state index in [0.717, 1.165) is 25.1 Å². The zero-order valence-electron chi connectivity index (χ0n) is 11.6. The smallest absolute Gasteiger partial charge is 0.124 e. The lowest BCUT2D eigenvalue weighted by Gasteiger charge is -2.19. The molecule has 0 bridgehead atoms. The van der Waals surface area contributed by atoms with Crippen LogP contribution in [0.15, 0.2) is 24.3 Å². The van der Waals surface area contributed by atoms with Crippen molar-refractivity contribution in [1.29, 1.82) is 0 Å². The minimum absolute atomic E-state index is 0.250. The van der Waals surface area contributed by atoms with E-state index >= 15 is 0 Å². The number of benzene rings is 1. The molecule has 0 aliphatic carbocycles. The molecule has 1 N–H and O–H groups in total. The van der Waals surface area contributed by atoms with E-state index in [4.69, 9.17) is 4.74 Å². The zero-order chi connectivity index (χ0) is 13.2. The Morgan fingerprint density at radius 1 is 1.28 bits per heavy atom. The Morgan fingerprint density at radius 3 is 2.72 bits per heavy atom. The molecule has 1 unspecified atom stereocenters. The Bertz CT molecular complexity index is 403. The van der Waals surface area contributed by atoms with Crippen LogP contribution >= 0.6 is 0 Å². The van der Waals surface area contributed by atoms with Gasteiger partial charge in [0.25, 0.3) is 0 Å². The second-order valence-electron chi connectivity index (χ2n) is 4.11. The summed E-state index contributed by atoms with van der Waals surface area (Å²) in [5, 5.41) is 3.54. The quantitative estimate of drug-likeness (QED) is 0.742. The molecule has 0 aliphatic rings. The molecular weight excluding hydrogens is 222 g/mol. The lowest BCUT2D eigenvalue weighted by Crippen LogP contribution is -2.22. The zero-order valence-corrected chi connectivity index (χ0v) is 11.6. The van der Waals surface area contributed by atoms with Crippen molar-refractivity contribution in [2.45, 2.75) is 39.7 Å². The summed E-state index contributed by atoms with van der Waals surface area (Å²) < 4.78 is 5.69. The standard InChI is InChI=1S/C16H23NO/c1-4-7-11-15(17-13-5-2)14-10-8-9-12-16(14)18-6-3/h8-10,12,15,17H,5-6,11,13H2,1-3H3. The molecule has 2 heteroatoms. The molecule has 0 spiro atoms. The summed E-state index contributed by atoms with van der Waals surface area (Å²) in [4.78, 5) is 0. The van der Waals surface area contributed by atoms with E-state index in [1.807, 2.05) is 26.0 Å². The number of rotatable bonds is 7. The molecular formula is C16H23NO. The number of hydrogen-bond acceptors (Lipinski definition) is 2. The van der Waals surface area contributed by atoms with E-state index < -0.39 is 0 Å². The molecule has 0 saturated heterocycles. The highest BCUT2D eigenvalue weighted by Crippen LogP contribution is 2.27. The van der Waals surface area contributed by atoms with Crippen molar-refractivity contribution >= 4 is 0 Å². The summed E-state index contributed by atoms with van der Waals surface area (Å²) in [6.45, 7) is 7.75. The lowest BCUT2D eigenvalue weighted by atomic mass is 10.0. The molecule has 0 fully saturated rings. The largest absolute Gasteiger partial charge is 0.494 e. The minimum Gasteiger partial charge on any atom is -0.494 e. The van der Waals surface area contributed by atoms with Crippen molar-refractivity contribution in [2.75, 3.05) is 13.2 Å². The molecule has 98 valence electrons. The Morgan fingerprint density at radius 2 is 2.06 bits per heavy atom. The Balaban J connectivity index is 2.90. The van der Waals surface area contributed by atoms with Crippen molar-refractivity contribution < 1.29 is 4.74 Å². The van der Waals surface area contributed by atoms with Crippen LogP contribution in [0.1, 0.15) is 45.2 Å². The first-order valence-electron chi connectivity index (χ1n) is 6.68. The highest BCUT2D eigenvalue weighted by atomic mass is 16.5. The molecule has 1 atom stereocenters. The molecule has 0 saturated carbocycles.